The highest BCUT2D eigenvalue weighted by atomic mass is 35.5. The van der Waals surface area contributed by atoms with Gasteiger partial charge in [0.1, 0.15) is 0 Å². The van der Waals surface area contributed by atoms with Gasteiger partial charge in [0.2, 0.25) is 0 Å². The zero-order chi connectivity index (χ0) is 8.97. The van der Waals surface area contributed by atoms with Crippen molar-refractivity contribution < 1.29 is 9.90 Å². The Morgan fingerprint density at radius 3 is 2.60 bits per heavy atom. The minimum atomic E-state index is -0.934. The van der Waals surface area contributed by atoms with Crippen LogP contribution < -0.4 is 5.32 Å². The third-order valence-corrected chi connectivity index (χ3v) is 1.92. The molecule has 1 fully saturated rings. The van der Waals surface area contributed by atoms with Crippen LogP contribution in [0.3, 0.4) is 0 Å². The van der Waals surface area contributed by atoms with E-state index in [1.165, 1.54) is 4.90 Å². The summed E-state index contributed by atoms with van der Waals surface area (Å²) in [7, 11) is 0. The van der Waals surface area contributed by atoms with Crippen LogP contribution in [0.5, 0.6) is 0 Å². The molecular weight excluding hydrogens is 264 g/mol. The van der Waals surface area contributed by atoms with Crippen molar-refractivity contribution in [2.24, 2.45) is 0 Å². The molecule has 1 atom stereocenters. The first-order valence-electron chi connectivity index (χ1n) is 3.83. The third kappa shape index (κ3) is 5.90. The van der Waals surface area contributed by atoms with E-state index >= 15 is 0 Å². The molecule has 0 unspecified atom stereocenters. The van der Waals surface area contributed by atoms with Crippen LogP contribution >= 0.6 is 37.2 Å². The number of nitrogens with zero attached hydrogens (tertiary/aromatic N) is 2. The van der Waals surface area contributed by atoms with Gasteiger partial charge in [-0.15, -0.1) is 37.2 Å². The van der Waals surface area contributed by atoms with Crippen molar-refractivity contribution in [3.63, 3.8) is 0 Å². The summed E-state index contributed by atoms with van der Waals surface area (Å²) >= 11 is 0. The molecule has 0 saturated carbocycles. The summed E-state index contributed by atoms with van der Waals surface area (Å²) < 4.78 is 0. The molecule has 0 aromatic rings. The molecule has 1 heterocycles. The van der Waals surface area contributed by atoms with Gasteiger partial charge in [-0.2, -0.15) is 5.26 Å². The first-order chi connectivity index (χ1) is 5.75. The lowest BCUT2D eigenvalue weighted by Gasteiger charge is -2.32. The molecule has 1 aliphatic heterocycles. The third-order valence-electron chi connectivity index (χ3n) is 1.92. The number of amides is 1. The van der Waals surface area contributed by atoms with Gasteiger partial charge in [-0.05, 0) is 0 Å². The molecular formula is C7H14Cl3N3O2. The van der Waals surface area contributed by atoms with Gasteiger partial charge in [-0.3, -0.25) is 0 Å². The number of hydrogen-bond acceptors (Lipinski definition) is 3. The van der Waals surface area contributed by atoms with Crippen LogP contribution in [-0.2, 0) is 0 Å². The number of hydrogen-bond donors (Lipinski definition) is 2. The normalized spacial score (nSPS) is 18.6. The van der Waals surface area contributed by atoms with E-state index in [1.807, 2.05) is 6.07 Å². The molecule has 2 N–H and O–H groups in total. The summed E-state index contributed by atoms with van der Waals surface area (Å²) in [6.07, 6.45) is -0.670. The molecule has 8 heteroatoms. The van der Waals surface area contributed by atoms with Crippen molar-refractivity contribution in [3.8, 4) is 6.07 Å². The lowest BCUT2D eigenvalue weighted by Crippen LogP contribution is -2.53. The summed E-state index contributed by atoms with van der Waals surface area (Å²) in [4.78, 5) is 11.9. The smallest absolute Gasteiger partial charge is 0.407 e. The molecule has 0 aromatic carbocycles. The van der Waals surface area contributed by atoms with E-state index < -0.39 is 6.09 Å². The summed E-state index contributed by atoms with van der Waals surface area (Å²) in [5.41, 5.74) is 0. The van der Waals surface area contributed by atoms with Gasteiger partial charge >= 0.3 is 6.09 Å². The van der Waals surface area contributed by atoms with E-state index in [2.05, 4.69) is 5.32 Å². The van der Waals surface area contributed by atoms with E-state index in [-0.39, 0.29) is 49.7 Å². The summed E-state index contributed by atoms with van der Waals surface area (Å²) in [5.74, 6) is 0. The fourth-order valence-electron chi connectivity index (χ4n) is 1.30. The second kappa shape index (κ2) is 10.1. The predicted octanol–water partition coefficient (Wildman–Crippen LogP) is 1.12. The average Bonchev–Trinajstić information content (AvgIpc) is 2.05. The summed E-state index contributed by atoms with van der Waals surface area (Å²) in [6, 6.07) is 1.80. The first kappa shape index (κ1) is 20.1. The van der Waals surface area contributed by atoms with Crippen molar-refractivity contribution in [1.82, 2.24) is 10.2 Å². The van der Waals surface area contributed by atoms with Crippen molar-refractivity contribution >= 4 is 43.3 Å². The Labute approximate surface area is 107 Å². The Balaban J connectivity index is -0.000000480. The van der Waals surface area contributed by atoms with Crippen LogP contribution in [0.1, 0.15) is 6.42 Å². The molecule has 1 rings (SSSR count). The van der Waals surface area contributed by atoms with Gasteiger partial charge in [0.25, 0.3) is 0 Å². The molecule has 1 saturated heterocycles. The Hall–Kier alpha value is -0.410. The van der Waals surface area contributed by atoms with Gasteiger partial charge in [0.15, 0.2) is 0 Å². The number of carboxylic acid groups (broad SMARTS) is 1. The van der Waals surface area contributed by atoms with Crippen LogP contribution in [-0.4, -0.2) is 41.8 Å². The number of nitriles is 1. The fraction of sp³-hybridized carbons (Fsp3) is 0.714. The maximum Gasteiger partial charge on any atom is 0.407 e. The van der Waals surface area contributed by atoms with Crippen molar-refractivity contribution in [1.29, 1.82) is 5.26 Å². The van der Waals surface area contributed by atoms with Gasteiger partial charge in [-0.1, -0.05) is 0 Å². The first-order valence-corrected chi connectivity index (χ1v) is 3.83. The van der Waals surface area contributed by atoms with Crippen LogP contribution in [0.4, 0.5) is 4.79 Å². The van der Waals surface area contributed by atoms with Crippen LogP contribution in [0.15, 0.2) is 0 Å². The predicted molar refractivity (Wildman–Crippen MR) is 63.4 cm³/mol. The van der Waals surface area contributed by atoms with E-state index in [0.29, 0.717) is 19.6 Å². The molecule has 0 bridgehead atoms. The van der Waals surface area contributed by atoms with Gasteiger partial charge in [0, 0.05) is 19.6 Å². The quantitative estimate of drug-likeness (QED) is 0.753. The second-order valence-electron chi connectivity index (χ2n) is 2.70. The van der Waals surface area contributed by atoms with Crippen LogP contribution in [0.25, 0.3) is 0 Å². The molecule has 0 aromatic heterocycles. The molecule has 0 aliphatic carbocycles. The van der Waals surface area contributed by atoms with Gasteiger partial charge in [-0.25, -0.2) is 4.79 Å². The molecule has 1 amide bonds. The number of halogens is 3. The van der Waals surface area contributed by atoms with E-state index in [1.54, 1.807) is 0 Å². The minimum absolute atomic E-state index is 0. The lowest BCUT2D eigenvalue weighted by molar-refractivity contribution is 0.113. The highest BCUT2D eigenvalue weighted by Crippen LogP contribution is 2.06. The summed E-state index contributed by atoms with van der Waals surface area (Å²) in [6.45, 7) is 1.73. The Morgan fingerprint density at radius 2 is 2.13 bits per heavy atom. The number of carbonyl (C=O) groups is 1. The average molecular weight is 279 g/mol. The van der Waals surface area contributed by atoms with Crippen LogP contribution in [0.2, 0.25) is 0 Å². The van der Waals surface area contributed by atoms with E-state index in [9.17, 15) is 4.79 Å². The van der Waals surface area contributed by atoms with Crippen LogP contribution in [0, 0.1) is 11.3 Å². The zero-order valence-electron chi connectivity index (χ0n) is 7.88. The van der Waals surface area contributed by atoms with Crippen molar-refractivity contribution in [3.05, 3.63) is 0 Å². The highest BCUT2D eigenvalue weighted by molar-refractivity contribution is 5.86. The Morgan fingerprint density at radius 1 is 1.53 bits per heavy atom. The van der Waals surface area contributed by atoms with Gasteiger partial charge in [0.05, 0.1) is 18.5 Å². The van der Waals surface area contributed by atoms with Gasteiger partial charge < -0.3 is 15.3 Å². The minimum Gasteiger partial charge on any atom is -0.465 e. The second-order valence-corrected chi connectivity index (χ2v) is 2.70. The highest BCUT2D eigenvalue weighted by Gasteiger charge is 2.25. The topological polar surface area (TPSA) is 76.4 Å². The van der Waals surface area contributed by atoms with E-state index in [0.717, 1.165) is 0 Å². The number of nitrogens with one attached hydrogen (secondary N) is 1. The van der Waals surface area contributed by atoms with Crippen molar-refractivity contribution in [2.45, 2.75) is 12.5 Å². The molecule has 0 radical (unpaired) electrons. The number of piperazine rings is 1. The largest absolute Gasteiger partial charge is 0.465 e. The van der Waals surface area contributed by atoms with E-state index in [4.69, 9.17) is 10.4 Å². The maximum atomic E-state index is 10.6. The standard InChI is InChI=1S/C7H11N3O2.3ClH/c8-2-1-6-5-9-3-4-10(6)7(11)12;;;/h6,9H,1,3-5H2,(H,11,12);3*1H/t6-;;;/m0.../s1. The Bertz CT molecular complexity index is 222. The van der Waals surface area contributed by atoms with Crippen molar-refractivity contribution in [2.75, 3.05) is 19.6 Å². The zero-order valence-corrected chi connectivity index (χ0v) is 10.3. The maximum absolute atomic E-state index is 10.6. The SMILES string of the molecule is Cl.Cl.Cl.N#CC[C@H]1CNCCN1C(=O)O. The monoisotopic (exact) mass is 277 g/mol. The lowest BCUT2D eigenvalue weighted by atomic mass is 10.1. The molecule has 15 heavy (non-hydrogen) atoms. The Kier molecular flexibility index (Phi) is 13.5. The molecule has 1 aliphatic rings. The number of rotatable bonds is 1. The molecule has 5 nitrogen and oxygen atoms in total. The summed E-state index contributed by atoms with van der Waals surface area (Å²) in [5, 5.41) is 20.2. The molecule has 90 valence electrons. The molecule has 0 spiro atoms. The fourth-order valence-corrected chi connectivity index (χ4v) is 1.30.